The third kappa shape index (κ3) is 6.96. The van der Waals surface area contributed by atoms with Gasteiger partial charge in [0.05, 0.1) is 6.61 Å². The molecule has 1 rings (SSSR count). The van der Waals surface area contributed by atoms with Crippen LogP contribution in [0.5, 0.6) is 5.75 Å². The first kappa shape index (κ1) is 24.2. The molecule has 1 aromatic rings. The number of rotatable bonds is 14. The zero-order valence-corrected chi connectivity index (χ0v) is 18.2. The average Bonchev–Trinajstić information content (AvgIpc) is 2.71. The van der Waals surface area contributed by atoms with Gasteiger partial charge in [-0.3, -0.25) is 9.59 Å². The van der Waals surface area contributed by atoms with Gasteiger partial charge in [0.25, 0.3) is 0 Å². The average molecular weight is 391 g/mol. The molecule has 0 amide bonds. The van der Waals surface area contributed by atoms with Crippen LogP contribution in [0.2, 0.25) is 0 Å². The predicted molar refractivity (Wildman–Crippen MR) is 113 cm³/mol. The van der Waals surface area contributed by atoms with Crippen molar-refractivity contribution in [3.05, 3.63) is 29.8 Å². The van der Waals surface area contributed by atoms with Crippen LogP contribution in [0.15, 0.2) is 24.3 Å². The highest BCUT2D eigenvalue weighted by atomic mass is 16.6. The van der Waals surface area contributed by atoms with E-state index in [1.54, 1.807) is 6.07 Å². The van der Waals surface area contributed by atoms with Crippen molar-refractivity contribution in [1.82, 2.24) is 0 Å². The summed E-state index contributed by atoms with van der Waals surface area (Å²) < 4.78 is 11.1. The zero-order valence-electron chi connectivity index (χ0n) is 18.2. The first-order valence-electron chi connectivity index (χ1n) is 11.0. The summed E-state index contributed by atoms with van der Waals surface area (Å²) in [6.45, 7) is 8.26. The van der Waals surface area contributed by atoms with Gasteiger partial charge < -0.3 is 9.47 Å². The Balaban J connectivity index is 2.60. The molecule has 4 nitrogen and oxygen atoms in total. The van der Waals surface area contributed by atoms with Gasteiger partial charge in [-0.1, -0.05) is 84.4 Å². The van der Waals surface area contributed by atoms with Crippen LogP contribution < -0.4 is 4.74 Å². The molecule has 0 saturated heterocycles. The van der Waals surface area contributed by atoms with Crippen LogP contribution in [0.3, 0.4) is 0 Å². The molecule has 0 N–H and O–H groups in total. The fraction of sp³-hybridized carbons (Fsp3) is 0.667. The Kier molecular flexibility index (Phi) is 11.5. The van der Waals surface area contributed by atoms with Gasteiger partial charge in [-0.25, -0.2) is 0 Å². The van der Waals surface area contributed by atoms with E-state index in [0.29, 0.717) is 25.2 Å². The Morgan fingerprint density at radius 1 is 0.821 bits per heavy atom. The fourth-order valence-electron chi connectivity index (χ4n) is 3.37. The maximum Gasteiger partial charge on any atom is 0.328 e. The number of ether oxygens (including phenoxy) is 2. The van der Waals surface area contributed by atoms with E-state index in [9.17, 15) is 9.59 Å². The van der Waals surface area contributed by atoms with Gasteiger partial charge in [0.2, 0.25) is 0 Å². The molecular weight excluding hydrogens is 352 g/mol. The van der Waals surface area contributed by atoms with Crippen LogP contribution in [0.1, 0.15) is 91.0 Å². The van der Waals surface area contributed by atoms with E-state index in [2.05, 4.69) is 6.92 Å². The van der Waals surface area contributed by atoms with Crippen LogP contribution in [-0.2, 0) is 20.7 Å². The molecule has 0 bridgehead atoms. The Morgan fingerprint density at radius 2 is 1.43 bits per heavy atom. The monoisotopic (exact) mass is 390 g/mol. The van der Waals surface area contributed by atoms with Gasteiger partial charge in [0.1, 0.15) is 5.75 Å². The van der Waals surface area contributed by atoms with Gasteiger partial charge in [0.15, 0.2) is 5.41 Å². The number of hydrogen-bond acceptors (Lipinski definition) is 4. The number of para-hydroxylation sites is 1. The first-order chi connectivity index (χ1) is 13.6. The number of unbranched alkanes of at least 4 members (excludes halogenated alkanes) is 6. The molecule has 1 aromatic carbocycles. The highest BCUT2D eigenvalue weighted by Gasteiger charge is 2.46. The number of aryl methyl sites for hydroxylation is 1. The van der Waals surface area contributed by atoms with Gasteiger partial charge in [0, 0.05) is 0 Å². The molecular formula is C24H38O4. The van der Waals surface area contributed by atoms with E-state index in [1.807, 2.05) is 39.0 Å². The Hall–Kier alpha value is -1.84. The molecule has 0 atom stereocenters. The Labute approximate surface area is 171 Å². The van der Waals surface area contributed by atoms with Gasteiger partial charge >= 0.3 is 11.9 Å². The van der Waals surface area contributed by atoms with Crippen molar-refractivity contribution in [3.63, 3.8) is 0 Å². The molecule has 0 aliphatic rings. The van der Waals surface area contributed by atoms with E-state index < -0.39 is 17.4 Å². The van der Waals surface area contributed by atoms with Crippen LogP contribution in [-0.4, -0.2) is 18.5 Å². The molecule has 4 heteroatoms. The number of carbonyl (C=O) groups is 2. The van der Waals surface area contributed by atoms with Gasteiger partial charge in [-0.15, -0.1) is 0 Å². The van der Waals surface area contributed by atoms with E-state index in [0.717, 1.165) is 24.8 Å². The Morgan fingerprint density at radius 3 is 2.04 bits per heavy atom. The lowest BCUT2D eigenvalue weighted by molar-refractivity contribution is -0.168. The second kappa shape index (κ2) is 13.4. The summed E-state index contributed by atoms with van der Waals surface area (Å²) in [4.78, 5) is 25.7. The van der Waals surface area contributed by atoms with E-state index in [-0.39, 0.29) is 0 Å². The lowest BCUT2D eigenvalue weighted by Gasteiger charge is -2.27. The molecule has 0 radical (unpaired) electrons. The minimum Gasteiger partial charge on any atom is -0.465 e. The van der Waals surface area contributed by atoms with E-state index in [1.165, 1.54) is 32.1 Å². The Bertz CT molecular complexity index is 590. The lowest BCUT2D eigenvalue weighted by atomic mass is 9.82. The molecule has 0 fully saturated rings. The SMILES string of the molecule is CCCCCCCCCOC(=O)C(CC)(CC)C(=O)Oc1ccccc1CC. The summed E-state index contributed by atoms with van der Waals surface area (Å²) >= 11 is 0. The van der Waals surface area contributed by atoms with Crippen LogP contribution in [0.25, 0.3) is 0 Å². The van der Waals surface area contributed by atoms with Crippen molar-refractivity contribution in [2.24, 2.45) is 5.41 Å². The summed E-state index contributed by atoms with van der Waals surface area (Å²) in [5.74, 6) is -0.438. The predicted octanol–water partition coefficient (Wildman–Crippen LogP) is 6.25. The van der Waals surface area contributed by atoms with Crippen LogP contribution >= 0.6 is 0 Å². The van der Waals surface area contributed by atoms with Gasteiger partial charge in [-0.2, -0.15) is 0 Å². The van der Waals surface area contributed by atoms with Crippen LogP contribution in [0, 0.1) is 5.41 Å². The standard InChI is InChI=1S/C24H38O4/c1-5-9-10-11-12-13-16-19-27-22(25)24(7-3,8-4)23(26)28-21-18-15-14-17-20(21)6-2/h14-15,17-18H,5-13,16,19H2,1-4H3. The van der Waals surface area contributed by atoms with Crippen LogP contribution in [0.4, 0.5) is 0 Å². The number of benzene rings is 1. The molecule has 158 valence electrons. The number of esters is 2. The highest BCUT2D eigenvalue weighted by molar-refractivity contribution is 6.00. The smallest absolute Gasteiger partial charge is 0.328 e. The van der Waals surface area contributed by atoms with Crippen molar-refractivity contribution >= 4 is 11.9 Å². The fourth-order valence-corrected chi connectivity index (χ4v) is 3.37. The maximum atomic E-state index is 12.9. The van der Waals surface area contributed by atoms with Crippen molar-refractivity contribution in [3.8, 4) is 5.75 Å². The minimum absolute atomic E-state index is 0.368. The van der Waals surface area contributed by atoms with Gasteiger partial charge in [-0.05, 0) is 37.3 Å². The number of carbonyl (C=O) groups excluding carboxylic acids is 2. The summed E-state index contributed by atoms with van der Waals surface area (Å²) in [6.07, 6.45) is 9.59. The largest absolute Gasteiger partial charge is 0.465 e. The molecule has 0 unspecified atom stereocenters. The molecule has 0 aliphatic heterocycles. The second-order valence-corrected chi connectivity index (χ2v) is 7.40. The normalized spacial score (nSPS) is 11.3. The second-order valence-electron chi connectivity index (χ2n) is 7.40. The molecule has 0 heterocycles. The minimum atomic E-state index is -1.23. The number of hydrogen-bond donors (Lipinski definition) is 0. The molecule has 0 aliphatic carbocycles. The summed E-state index contributed by atoms with van der Waals surface area (Å²) in [5, 5.41) is 0. The van der Waals surface area contributed by atoms with Crippen molar-refractivity contribution in [2.45, 2.75) is 91.9 Å². The topological polar surface area (TPSA) is 52.6 Å². The van der Waals surface area contributed by atoms with Crippen molar-refractivity contribution in [1.29, 1.82) is 0 Å². The summed E-state index contributed by atoms with van der Waals surface area (Å²) in [5.41, 5.74) is -0.282. The zero-order chi connectivity index (χ0) is 20.8. The maximum absolute atomic E-state index is 12.9. The van der Waals surface area contributed by atoms with Crippen molar-refractivity contribution in [2.75, 3.05) is 6.61 Å². The quantitative estimate of drug-likeness (QED) is 0.163. The molecule has 0 aromatic heterocycles. The first-order valence-corrected chi connectivity index (χ1v) is 11.0. The molecule has 28 heavy (non-hydrogen) atoms. The lowest BCUT2D eigenvalue weighted by Crippen LogP contribution is -2.42. The molecule has 0 saturated carbocycles. The molecule has 0 spiro atoms. The third-order valence-electron chi connectivity index (χ3n) is 5.53. The highest BCUT2D eigenvalue weighted by Crippen LogP contribution is 2.32. The summed E-state index contributed by atoms with van der Waals surface area (Å²) in [6, 6.07) is 7.46. The van der Waals surface area contributed by atoms with E-state index in [4.69, 9.17) is 9.47 Å². The van der Waals surface area contributed by atoms with Crippen molar-refractivity contribution < 1.29 is 19.1 Å². The third-order valence-corrected chi connectivity index (χ3v) is 5.53. The summed E-state index contributed by atoms with van der Waals surface area (Å²) in [7, 11) is 0. The van der Waals surface area contributed by atoms with E-state index >= 15 is 0 Å².